The van der Waals surface area contributed by atoms with Gasteiger partial charge in [-0.25, -0.2) is 0 Å². The van der Waals surface area contributed by atoms with E-state index in [-0.39, 0.29) is 5.91 Å². The molecule has 0 saturated heterocycles. The van der Waals surface area contributed by atoms with Crippen molar-refractivity contribution in [1.82, 2.24) is 10.6 Å². The lowest BCUT2D eigenvalue weighted by molar-refractivity contribution is -0.116. The molecule has 134 valence electrons. The predicted octanol–water partition coefficient (Wildman–Crippen LogP) is 2.93. The van der Waals surface area contributed by atoms with E-state index in [1.807, 2.05) is 43.3 Å². The summed E-state index contributed by atoms with van der Waals surface area (Å²) >= 11 is 0. The highest BCUT2D eigenvalue weighted by molar-refractivity contribution is 5.90. The number of hydrogen-bond donors (Lipinski definition) is 3. The first kappa shape index (κ1) is 18.6. The van der Waals surface area contributed by atoms with Crippen LogP contribution in [0.1, 0.15) is 31.1 Å². The third-order valence-electron chi connectivity index (χ3n) is 3.64. The van der Waals surface area contributed by atoms with Gasteiger partial charge in [-0.3, -0.25) is 9.79 Å². The minimum Gasteiger partial charge on any atom is -0.469 e. The minimum atomic E-state index is 0.0505. The fourth-order valence-electron chi connectivity index (χ4n) is 2.32. The Bertz CT molecular complexity index is 663. The van der Waals surface area contributed by atoms with Gasteiger partial charge in [-0.15, -0.1) is 0 Å². The zero-order valence-corrected chi connectivity index (χ0v) is 14.8. The van der Waals surface area contributed by atoms with Crippen molar-refractivity contribution in [3.63, 3.8) is 0 Å². The average molecular weight is 342 g/mol. The quantitative estimate of drug-likeness (QED) is 0.509. The fraction of sp³-hybridized carbons (Fsp3) is 0.368. The van der Waals surface area contributed by atoms with Gasteiger partial charge in [0.1, 0.15) is 5.76 Å². The summed E-state index contributed by atoms with van der Waals surface area (Å²) in [4.78, 5) is 15.8. The topological polar surface area (TPSA) is 78.7 Å². The molecular weight excluding hydrogens is 316 g/mol. The summed E-state index contributed by atoms with van der Waals surface area (Å²) in [5.74, 6) is 1.74. The van der Waals surface area contributed by atoms with Gasteiger partial charge in [0.2, 0.25) is 5.91 Å². The molecule has 3 N–H and O–H groups in total. The van der Waals surface area contributed by atoms with Gasteiger partial charge in [0.15, 0.2) is 5.96 Å². The normalized spacial score (nSPS) is 11.2. The molecule has 0 spiro atoms. The zero-order chi connectivity index (χ0) is 17.9. The Morgan fingerprint density at radius 2 is 1.96 bits per heavy atom. The molecule has 6 nitrogen and oxygen atoms in total. The molecule has 1 amide bonds. The first-order valence-corrected chi connectivity index (χ1v) is 8.57. The van der Waals surface area contributed by atoms with E-state index in [2.05, 4.69) is 20.9 Å². The second-order valence-corrected chi connectivity index (χ2v) is 5.68. The van der Waals surface area contributed by atoms with Crippen LogP contribution in [0.2, 0.25) is 0 Å². The Labute approximate surface area is 148 Å². The Morgan fingerprint density at radius 3 is 2.60 bits per heavy atom. The van der Waals surface area contributed by atoms with Crippen LogP contribution in [0.5, 0.6) is 0 Å². The molecule has 0 radical (unpaired) electrons. The van der Waals surface area contributed by atoms with Gasteiger partial charge >= 0.3 is 0 Å². The van der Waals surface area contributed by atoms with Crippen LogP contribution in [0.4, 0.5) is 5.69 Å². The lowest BCUT2D eigenvalue weighted by Crippen LogP contribution is -2.37. The van der Waals surface area contributed by atoms with Gasteiger partial charge in [0.05, 0.1) is 6.26 Å². The summed E-state index contributed by atoms with van der Waals surface area (Å²) in [7, 11) is 1.74. The number of benzene rings is 1. The first-order valence-electron chi connectivity index (χ1n) is 8.57. The van der Waals surface area contributed by atoms with E-state index in [0.29, 0.717) is 13.0 Å². The molecule has 6 heteroatoms. The van der Waals surface area contributed by atoms with Crippen LogP contribution in [0.15, 0.2) is 52.1 Å². The van der Waals surface area contributed by atoms with Gasteiger partial charge in [0, 0.05) is 38.7 Å². The van der Waals surface area contributed by atoms with Gasteiger partial charge in [-0.05, 0) is 36.2 Å². The average Bonchev–Trinajstić information content (AvgIpc) is 3.13. The maximum Gasteiger partial charge on any atom is 0.224 e. The van der Waals surface area contributed by atoms with Crippen LogP contribution in [-0.4, -0.2) is 25.5 Å². The number of hydrogen-bond acceptors (Lipinski definition) is 3. The highest BCUT2D eigenvalue weighted by atomic mass is 16.3. The number of nitrogens with zero attached hydrogens (tertiary/aromatic N) is 1. The number of nitrogens with one attached hydrogen (secondary N) is 3. The Kier molecular flexibility index (Phi) is 7.56. The Morgan fingerprint density at radius 1 is 1.16 bits per heavy atom. The summed E-state index contributed by atoms with van der Waals surface area (Å²) in [5, 5.41) is 9.40. The lowest BCUT2D eigenvalue weighted by atomic mass is 10.2. The smallest absolute Gasteiger partial charge is 0.224 e. The number of carbonyl (C=O) groups is 1. The van der Waals surface area contributed by atoms with Crippen molar-refractivity contribution in [3.05, 3.63) is 54.0 Å². The van der Waals surface area contributed by atoms with E-state index < -0.39 is 0 Å². The molecular formula is C19H26N4O2. The van der Waals surface area contributed by atoms with Crippen molar-refractivity contribution >= 4 is 17.6 Å². The third kappa shape index (κ3) is 6.71. The Balaban J connectivity index is 1.74. The van der Waals surface area contributed by atoms with Gasteiger partial charge in [-0.1, -0.05) is 19.1 Å². The molecule has 1 aromatic heterocycles. The molecule has 0 saturated carbocycles. The lowest BCUT2D eigenvalue weighted by Gasteiger charge is -2.12. The number of aliphatic imine (C=N–C) groups is 1. The molecule has 0 unspecified atom stereocenters. The SMILES string of the molecule is CCCC(=O)Nc1ccc(CNC(=NC)NCCc2ccco2)cc1. The van der Waals surface area contributed by atoms with Crippen LogP contribution in [-0.2, 0) is 17.8 Å². The standard InChI is InChI=1S/C19H26N4O2/c1-3-5-18(24)23-16-9-7-15(8-10-16)14-22-19(20-2)21-12-11-17-6-4-13-25-17/h4,6-10,13H,3,5,11-12,14H2,1-2H3,(H,23,24)(H2,20,21,22). The molecule has 0 fully saturated rings. The monoisotopic (exact) mass is 342 g/mol. The molecule has 2 rings (SSSR count). The molecule has 0 aliphatic heterocycles. The summed E-state index contributed by atoms with van der Waals surface area (Å²) in [6, 6.07) is 11.7. The van der Waals surface area contributed by atoms with Crippen LogP contribution in [0.25, 0.3) is 0 Å². The molecule has 0 bridgehead atoms. The molecule has 0 aliphatic carbocycles. The molecule has 1 aromatic carbocycles. The van der Waals surface area contributed by atoms with Crippen molar-refractivity contribution in [2.75, 3.05) is 18.9 Å². The van der Waals surface area contributed by atoms with Crippen molar-refractivity contribution in [2.24, 2.45) is 4.99 Å². The van der Waals surface area contributed by atoms with Crippen LogP contribution < -0.4 is 16.0 Å². The van der Waals surface area contributed by atoms with E-state index in [0.717, 1.165) is 42.4 Å². The summed E-state index contributed by atoms with van der Waals surface area (Å²) < 4.78 is 5.30. The van der Waals surface area contributed by atoms with E-state index in [1.165, 1.54) is 0 Å². The summed E-state index contributed by atoms with van der Waals surface area (Å²) in [5.41, 5.74) is 1.94. The fourth-order valence-corrected chi connectivity index (χ4v) is 2.32. The predicted molar refractivity (Wildman–Crippen MR) is 101 cm³/mol. The first-order chi connectivity index (χ1) is 12.2. The molecule has 25 heavy (non-hydrogen) atoms. The van der Waals surface area contributed by atoms with Crippen molar-refractivity contribution < 1.29 is 9.21 Å². The number of carbonyl (C=O) groups excluding carboxylic acids is 1. The van der Waals surface area contributed by atoms with Crippen LogP contribution in [0, 0.1) is 0 Å². The molecule has 0 aliphatic rings. The van der Waals surface area contributed by atoms with Gasteiger partial charge < -0.3 is 20.4 Å². The summed E-state index contributed by atoms with van der Waals surface area (Å²) in [6.45, 7) is 3.39. The minimum absolute atomic E-state index is 0.0505. The van der Waals surface area contributed by atoms with E-state index in [9.17, 15) is 4.79 Å². The molecule has 2 aromatic rings. The van der Waals surface area contributed by atoms with E-state index >= 15 is 0 Å². The van der Waals surface area contributed by atoms with Gasteiger partial charge in [0.25, 0.3) is 0 Å². The van der Waals surface area contributed by atoms with Crippen molar-refractivity contribution in [1.29, 1.82) is 0 Å². The maximum atomic E-state index is 11.6. The van der Waals surface area contributed by atoms with Gasteiger partial charge in [-0.2, -0.15) is 0 Å². The molecule has 0 atom stereocenters. The summed E-state index contributed by atoms with van der Waals surface area (Å²) in [6.07, 6.45) is 3.87. The number of amides is 1. The molecule has 1 heterocycles. The third-order valence-corrected chi connectivity index (χ3v) is 3.64. The number of anilines is 1. The van der Waals surface area contributed by atoms with E-state index in [4.69, 9.17) is 4.42 Å². The Hall–Kier alpha value is -2.76. The second-order valence-electron chi connectivity index (χ2n) is 5.68. The van der Waals surface area contributed by atoms with Crippen LogP contribution in [0.3, 0.4) is 0 Å². The zero-order valence-electron chi connectivity index (χ0n) is 14.8. The maximum absolute atomic E-state index is 11.6. The van der Waals surface area contributed by atoms with Crippen molar-refractivity contribution in [3.8, 4) is 0 Å². The van der Waals surface area contributed by atoms with E-state index in [1.54, 1.807) is 13.3 Å². The number of furan rings is 1. The highest BCUT2D eigenvalue weighted by Crippen LogP contribution is 2.10. The largest absolute Gasteiger partial charge is 0.469 e. The van der Waals surface area contributed by atoms with Crippen LogP contribution >= 0.6 is 0 Å². The van der Waals surface area contributed by atoms with Crippen molar-refractivity contribution in [2.45, 2.75) is 32.7 Å². The highest BCUT2D eigenvalue weighted by Gasteiger charge is 2.02. The number of guanidine groups is 1. The number of rotatable bonds is 8. The second kappa shape index (κ2) is 10.2.